The zero-order valence-electron chi connectivity index (χ0n) is 8.25. The fourth-order valence-electron chi connectivity index (χ4n) is 0.841. The van der Waals surface area contributed by atoms with Crippen LogP contribution in [0.25, 0.3) is 0 Å². The first-order valence-electron chi connectivity index (χ1n) is 4.38. The molecule has 0 radical (unpaired) electrons. The largest absolute Gasteiger partial charge is 0.426 e. The third-order valence-corrected chi connectivity index (χ3v) is 2.13. The number of hydrogen-bond acceptors (Lipinski definition) is 5. The Morgan fingerprint density at radius 1 is 1.20 bits per heavy atom. The number of rotatable bonds is 6. The van der Waals surface area contributed by atoms with E-state index in [4.69, 9.17) is 0 Å². The van der Waals surface area contributed by atoms with E-state index in [9.17, 15) is 8.42 Å². The summed E-state index contributed by atoms with van der Waals surface area (Å²) in [4.78, 5) is 4.27. The lowest BCUT2D eigenvalue weighted by Gasteiger charge is -2.03. The van der Waals surface area contributed by atoms with Crippen molar-refractivity contribution in [2.24, 2.45) is 0 Å². The molecular formula is C9H12O5S. The summed E-state index contributed by atoms with van der Waals surface area (Å²) in [6.45, 7) is 1.66. The van der Waals surface area contributed by atoms with Crippen molar-refractivity contribution in [3.63, 3.8) is 0 Å². The second-order valence-electron chi connectivity index (χ2n) is 2.63. The van der Waals surface area contributed by atoms with Gasteiger partial charge in [0.15, 0.2) is 0 Å². The maximum atomic E-state index is 11.0. The summed E-state index contributed by atoms with van der Waals surface area (Å²) in [5, 5.41) is 0. The van der Waals surface area contributed by atoms with Crippen LogP contribution < -0.4 is 0 Å². The molecule has 15 heavy (non-hydrogen) atoms. The standard InChI is InChI=1S/C9H12O5S/c1-2-12-14-15(10,11)13-8-9-6-4-3-5-7-9/h3-7H,2,8H2,1H3. The highest BCUT2D eigenvalue weighted by Crippen LogP contribution is 2.05. The van der Waals surface area contributed by atoms with Crippen LogP contribution in [0.4, 0.5) is 0 Å². The van der Waals surface area contributed by atoms with Crippen LogP contribution in [0.5, 0.6) is 0 Å². The van der Waals surface area contributed by atoms with Crippen LogP contribution in [0.1, 0.15) is 12.5 Å². The Balaban J connectivity index is 2.43. The van der Waals surface area contributed by atoms with Gasteiger partial charge in [0.05, 0.1) is 13.2 Å². The summed E-state index contributed by atoms with van der Waals surface area (Å²) in [6, 6.07) is 8.89. The van der Waals surface area contributed by atoms with Gasteiger partial charge in [0.2, 0.25) is 0 Å². The molecule has 0 unspecified atom stereocenters. The fraction of sp³-hybridized carbons (Fsp3) is 0.333. The summed E-state index contributed by atoms with van der Waals surface area (Å²) in [5.74, 6) is 0. The molecule has 0 aliphatic heterocycles. The Hall–Kier alpha value is -0.950. The van der Waals surface area contributed by atoms with Crippen molar-refractivity contribution in [1.29, 1.82) is 0 Å². The first-order valence-corrected chi connectivity index (χ1v) is 5.72. The lowest BCUT2D eigenvalue weighted by atomic mass is 10.2. The van der Waals surface area contributed by atoms with Crippen LogP contribution in [0.15, 0.2) is 30.3 Å². The van der Waals surface area contributed by atoms with Crippen molar-refractivity contribution in [2.45, 2.75) is 13.5 Å². The second-order valence-corrected chi connectivity index (χ2v) is 3.82. The molecule has 1 rings (SSSR count). The van der Waals surface area contributed by atoms with E-state index >= 15 is 0 Å². The molecule has 0 saturated carbocycles. The van der Waals surface area contributed by atoms with Gasteiger partial charge in [0, 0.05) is 0 Å². The molecule has 84 valence electrons. The van der Waals surface area contributed by atoms with Gasteiger partial charge in [-0.05, 0) is 12.5 Å². The Kier molecular flexibility index (Phi) is 4.70. The zero-order valence-corrected chi connectivity index (χ0v) is 9.07. The fourth-order valence-corrected chi connectivity index (χ4v) is 1.37. The Morgan fingerprint density at radius 3 is 2.47 bits per heavy atom. The van der Waals surface area contributed by atoms with Gasteiger partial charge in [-0.15, -0.1) is 0 Å². The van der Waals surface area contributed by atoms with E-state index in [1.54, 1.807) is 31.2 Å². The topological polar surface area (TPSA) is 61.8 Å². The predicted molar refractivity (Wildman–Crippen MR) is 52.9 cm³/mol. The summed E-state index contributed by atoms with van der Waals surface area (Å²) >= 11 is 0. The van der Waals surface area contributed by atoms with E-state index in [0.717, 1.165) is 5.56 Å². The van der Waals surface area contributed by atoms with Crippen molar-refractivity contribution in [1.82, 2.24) is 0 Å². The Bertz CT molecular complexity index is 373. The average molecular weight is 232 g/mol. The van der Waals surface area contributed by atoms with E-state index < -0.39 is 10.4 Å². The molecule has 0 spiro atoms. The molecule has 0 aromatic heterocycles. The molecular weight excluding hydrogens is 220 g/mol. The first kappa shape index (κ1) is 12.1. The quantitative estimate of drug-likeness (QED) is 0.548. The zero-order chi connectivity index (χ0) is 11.1. The number of hydrogen-bond donors (Lipinski definition) is 0. The molecule has 5 nitrogen and oxygen atoms in total. The highest BCUT2D eigenvalue weighted by molar-refractivity contribution is 7.81. The van der Waals surface area contributed by atoms with E-state index in [1.807, 2.05) is 6.07 Å². The third kappa shape index (κ3) is 4.89. The SMILES string of the molecule is CCOOS(=O)(=O)OCc1ccccc1. The van der Waals surface area contributed by atoms with Crippen molar-refractivity contribution in [3.8, 4) is 0 Å². The van der Waals surface area contributed by atoms with Gasteiger partial charge in [-0.1, -0.05) is 34.7 Å². The number of benzene rings is 1. The second kappa shape index (κ2) is 5.82. The van der Waals surface area contributed by atoms with Crippen LogP contribution >= 0.6 is 0 Å². The normalized spacial score (nSPS) is 11.5. The maximum absolute atomic E-state index is 11.0. The average Bonchev–Trinajstić information content (AvgIpc) is 2.25. The molecule has 0 aliphatic rings. The van der Waals surface area contributed by atoms with Gasteiger partial charge in [-0.3, -0.25) is 0 Å². The van der Waals surface area contributed by atoms with Crippen molar-refractivity contribution in [2.75, 3.05) is 6.61 Å². The van der Waals surface area contributed by atoms with E-state index in [0.29, 0.717) is 0 Å². The minimum atomic E-state index is -4.06. The molecule has 0 N–H and O–H groups in total. The minimum absolute atomic E-state index is 0.0732. The predicted octanol–water partition coefficient (Wildman–Crippen LogP) is 1.42. The van der Waals surface area contributed by atoms with E-state index in [-0.39, 0.29) is 13.2 Å². The van der Waals surface area contributed by atoms with Crippen LogP contribution in [0.2, 0.25) is 0 Å². The summed E-state index contributed by atoms with van der Waals surface area (Å²) < 4.78 is 30.6. The molecule has 0 bridgehead atoms. The highest BCUT2D eigenvalue weighted by Gasteiger charge is 2.12. The first-order chi connectivity index (χ1) is 7.14. The highest BCUT2D eigenvalue weighted by atomic mass is 32.3. The van der Waals surface area contributed by atoms with Crippen LogP contribution in [-0.4, -0.2) is 15.0 Å². The van der Waals surface area contributed by atoms with Gasteiger partial charge < -0.3 is 0 Å². The summed E-state index contributed by atoms with van der Waals surface area (Å²) in [7, 11) is -4.06. The lowest BCUT2D eigenvalue weighted by molar-refractivity contribution is -0.205. The molecule has 1 aromatic carbocycles. The smallest absolute Gasteiger partial charge is 0.242 e. The van der Waals surface area contributed by atoms with Gasteiger partial charge in [-0.2, -0.15) is 8.42 Å². The van der Waals surface area contributed by atoms with Crippen molar-refractivity contribution < 1.29 is 21.8 Å². The summed E-state index contributed by atoms with van der Waals surface area (Å²) in [5.41, 5.74) is 0.737. The van der Waals surface area contributed by atoms with Crippen molar-refractivity contribution >= 4 is 10.4 Å². The van der Waals surface area contributed by atoms with E-state index in [1.165, 1.54) is 0 Å². The third-order valence-electron chi connectivity index (χ3n) is 1.46. The summed E-state index contributed by atoms with van der Waals surface area (Å²) in [6.07, 6.45) is 0. The lowest BCUT2D eigenvalue weighted by Crippen LogP contribution is -2.10. The molecule has 6 heteroatoms. The Morgan fingerprint density at radius 2 is 1.87 bits per heavy atom. The van der Waals surface area contributed by atoms with Gasteiger partial charge in [0.1, 0.15) is 0 Å². The molecule has 0 amide bonds. The van der Waals surface area contributed by atoms with Crippen LogP contribution in [0.3, 0.4) is 0 Å². The Labute approximate surface area is 88.8 Å². The van der Waals surface area contributed by atoms with Crippen LogP contribution in [-0.2, 0) is 30.4 Å². The molecule has 0 aliphatic carbocycles. The van der Waals surface area contributed by atoms with E-state index in [2.05, 4.69) is 13.4 Å². The maximum Gasteiger partial charge on any atom is 0.426 e. The molecule has 0 saturated heterocycles. The van der Waals surface area contributed by atoms with Crippen molar-refractivity contribution in [3.05, 3.63) is 35.9 Å². The molecule has 0 fully saturated rings. The molecule has 0 atom stereocenters. The van der Waals surface area contributed by atoms with Gasteiger partial charge in [-0.25, -0.2) is 9.07 Å². The minimum Gasteiger partial charge on any atom is -0.242 e. The monoisotopic (exact) mass is 232 g/mol. The van der Waals surface area contributed by atoms with Gasteiger partial charge >= 0.3 is 10.4 Å². The van der Waals surface area contributed by atoms with Crippen LogP contribution in [0, 0.1) is 0 Å². The molecule has 1 aromatic rings. The van der Waals surface area contributed by atoms with Gasteiger partial charge in [0.25, 0.3) is 0 Å². The molecule has 0 heterocycles.